The van der Waals surface area contributed by atoms with Crippen LogP contribution >= 0.6 is 15.9 Å². The lowest BCUT2D eigenvalue weighted by molar-refractivity contribution is 0.0949. The van der Waals surface area contributed by atoms with E-state index in [9.17, 15) is 9.18 Å². The van der Waals surface area contributed by atoms with Crippen LogP contribution in [0.5, 0.6) is 11.5 Å². The van der Waals surface area contributed by atoms with Crippen LogP contribution in [0.2, 0.25) is 0 Å². The molecule has 0 radical (unpaired) electrons. The number of carbonyl (C=O) groups is 1. The van der Waals surface area contributed by atoms with Crippen molar-refractivity contribution in [2.24, 2.45) is 0 Å². The van der Waals surface area contributed by atoms with E-state index in [1.165, 1.54) is 18.2 Å². The van der Waals surface area contributed by atoms with E-state index in [0.29, 0.717) is 29.1 Å². The Morgan fingerprint density at radius 2 is 2.00 bits per heavy atom. The smallest absolute Gasteiger partial charge is 0.252 e. The second kappa shape index (κ2) is 9.42. The number of rotatable bonds is 8. The van der Waals surface area contributed by atoms with Gasteiger partial charge >= 0.3 is 0 Å². The molecule has 4 nitrogen and oxygen atoms in total. The van der Waals surface area contributed by atoms with Crippen molar-refractivity contribution >= 4 is 21.8 Å². The predicted octanol–water partition coefficient (Wildman–Crippen LogP) is 4.71. The quantitative estimate of drug-likeness (QED) is 0.642. The van der Waals surface area contributed by atoms with Gasteiger partial charge in [0.1, 0.15) is 5.82 Å². The highest BCUT2D eigenvalue weighted by Crippen LogP contribution is 2.28. The summed E-state index contributed by atoms with van der Waals surface area (Å²) >= 11 is 3.26. The number of carbonyl (C=O) groups excluding carboxylic acids is 1. The highest BCUT2D eigenvalue weighted by Gasteiger charge is 2.12. The van der Waals surface area contributed by atoms with E-state index < -0.39 is 5.82 Å². The highest BCUT2D eigenvalue weighted by molar-refractivity contribution is 9.10. The molecular weight excluding hydrogens is 389 g/mol. The van der Waals surface area contributed by atoms with Crippen LogP contribution in [0.3, 0.4) is 0 Å². The minimum Gasteiger partial charge on any atom is -0.493 e. The lowest BCUT2D eigenvalue weighted by Crippen LogP contribution is -2.23. The number of halogens is 2. The molecule has 1 amide bonds. The fraction of sp³-hybridized carbons (Fsp3) is 0.316. The number of amides is 1. The molecule has 0 atom stereocenters. The van der Waals surface area contributed by atoms with Crippen molar-refractivity contribution in [1.82, 2.24) is 5.32 Å². The monoisotopic (exact) mass is 409 g/mol. The maximum absolute atomic E-state index is 13.3. The number of nitrogens with one attached hydrogen (secondary N) is 1. The molecule has 6 heteroatoms. The Bertz CT molecular complexity index is 737. The molecule has 1 N–H and O–H groups in total. The van der Waals surface area contributed by atoms with Gasteiger partial charge in [-0.15, -0.1) is 0 Å². The lowest BCUT2D eigenvalue weighted by atomic mass is 10.1. The van der Waals surface area contributed by atoms with Gasteiger partial charge in [0.25, 0.3) is 5.91 Å². The zero-order valence-electron chi connectivity index (χ0n) is 14.3. The Morgan fingerprint density at radius 3 is 2.72 bits per heavy atom. The maximum Gasteiger partial charge on any atom is 0.252 e. The molecule has 0 aliphatic heterocycles. The van der Waals surface area contributed by atoms with Gasteiger partial charge < -0.3 is 14.8 Å². The van der Waals surface area contributed by atoms with E-state index in [4.69, 9.17) is 9.47 Å². The Labute approximate surface area is 155 Å². The number of unbranched alkanes of at least 4 members (excludes halogenated alkanes) is 1. The van der Waals surface area contributed by atoms with Gasteiger partial charge in [0.15, 0.2) is 11.5 Å². The van der Waals surface area contributed by atoms with Crippen molar-refractivity contribution in [1.29, 1.82) is 0 Å². The summed E-state index contributed by atoms with van der Waals surface area (Å²) in [5.41, 5.74) is 1.12. The minimum atomic E-state index is -0.455. The van der Waals surface area contributed by atoms with Crippen molar-refractivity contribution in [2.45, 2.75) is 26.3 Å². The predicted molar refractivity (Wildman–Crippen MR) is 98.7 cm³/mol. The van der Waals surface area contributed by atoms with E-state index in [2.05, 4.69) is 28.2 Å². The van der Waals surface area contributed by atoms with E-state index in [1.807, 2.05) is 18.2 Å². The van der Waals surface area contributed by atoms with Crippen LogP contribution in [0, 0.1) is 5.82 Å². The van der Waals surface area contributed by atoms with Gasteiger partial charge in [-0.25, -0.2) is 4.39 Å². The van der Waals surface area contributed by atoms with Gasteiger partial charge in [0.2, 0.25) is 0 Å². The highest BCUT2D eigenvalue weighted by atomic mass is 79.9. The third-order valence-electron chi connectivity index (χ3n) is 3.61. The van der Waals surface area contributed by atoms with Crippen LogP contribution in [-0.2, 0) is 6.54 Å². The normalized spacial score (nSPS) is 10.4. The van der Waals surface area contributed by atoms with Crippen molar-refractivity contribution in [3.05, 3.63) is 57.8 Å². The summed E-state index contributed by atoms with van der Waals surface area (Å²) in [6.07, 6.45) is 2.03. The molecule has 0 spiro atoms. The van der Waals surface area contributed by atoms with Gasteiger partial charge in [-0.3, -0.25) is 4.79 Å². The Hall–Kier alpha value is -2.08. The summed E-state index contributed by atoms with van der Waals surface area (Å²) in [5, 5.41) is 2.77. The molecule has 0 saturated carbocycles. The molecule has 0 aromatic heterocycles. The van der Waals surface area contributed by atoms with E-state index >= 15 is 0 Å². The summed E-state index contributed by atoms with van der Waals surface area (Å²) in [6.45, 7) is 3.03. The second-order valence-electron chi connectivity index (χ2n) is 5.49. The maximum atomic E-state index is 13.3. The first kappa shape index (κ1) is 19.2. The molecule has 25 heavy (non-hydrogen) atoms. The first-order valence-corrected chi connectivity index (χ1v) is 8.87. The van der Waals surface area contributed by atoms with E-state index in [-0.39, 0.29) is 11.5 Å². The average molecular weight is 410 g/mol. The molecule has 0 unspecified atom stereocenters. The largest absolute Gasteiger partial charge is 0.493 e. The molecule has 0 bridgehead atoms. The number of methoxy groups -OCH3 is 1. The minimum absolute atomic E-state index is 0.256. The SMILES string of the molecule is CCCCOc1ccc(CNC(=O)c2cc(F)ccc2Br)cc1OC. The molecule has 0 aliphatic rings. The summed E-state index contributed by atoms with van der Waals surface area (Å²) in [5.74, 6) is 0.492. The number of ether oxygens (including phenoxy) is 2. The van der Waals surface area contributed by atoms with Gasteiger partial charge in [-0.2, -0.15) is 0 Å². The molecule has 0 fully saturated rings. The standard InChI is InChI=1S/C19H21BrFNO3/c1-3-4-9-25-17-8-5-13(10-18(17)24-2)12-22-19(23)15-11-14(21)6-7-16(15)20/h5-8,10-11H,3-4,9,12H2,1-2H3,(H,22,23). The Kier molecular flexibility index (Phi) is 7.25. The Morgan fingerprint density at radius 1 is 1.20 bits per heavy atom. The number of hydrogen-bond donors (Lipinski definition) is 1. The van der Waals surface area contributed by atoms with E-state index in [0.717, 1.165) is 18.4 Å². The average Bonchev–Trinajstić information content (AvgIpc) is 2.62. The Balaban J connectivity index is 2.02. The molecule has 134 valence electrons. The molecular formula is C19H21BrFNO3. The fourth-order valence-electron chi connectivity index (χ4n) is 2.22. The molecule has 2 rings (SSSR count). The molecule has 0 aliphatic carbocycles. The third-order valence-corrected chi connectivity index (χ3v) is 4.30. The van der Waals surface area contributed by atoms with Crippen molar-refractivity contribution in [3.8, 4) is 11.5 Å². The van der Waals surface area contributed by atoms with Crippen LogP contribution < -0.4 is 14.8 Å². The van der Waals surface area contributed by atoms with Crippen molar-refractivity contribution in [3.63, 3.8) is 0 Å². The zero-order chi connectivity index (χ0) is 18.2. The van der Waals surface area contributed by atoms with Gasteiger partial charge in [0, 0.05) is 11.0 Å². The van der Waals surface area contributed by atoms with Crippen LogP contribution in [0.1, 0.15) is 35.7 Å². The van der Waals surface area contributed by atoms with Crippen LogP contribution in [0.25, 0.3) is 0 Å². The lowest BCUT2D eigenvalue weighted by Gasteiger charge is -2.13. The summed E-state index contributed by atoms with van der Waals surface area (Å²) < 4.78 is 24.9. The van der Waals surface area contributed by atoms with Crippen LogP contribution in [0.15, 0.2) is 40.9 Å². The van der Waals surface area contributed by atoms with Gasteiger partial charge in [-0.1, -0.05) is 19.4 Å². The second-order valence-corrected chi connectivity index (χ2v) is 6.35. The summed E-state index contributed by atoms with van der Waals surface area (Å²) in [7, 11) is 1.58. The third kappa shape index (κ3) is 5.46. The first-order chi connectivity index (χ1) is 12.0. The fourth-order valence-corrected chi connectivity index (χ4v) is 2.64. The summed E-state index contributed by atoms with van der Waals surface area (Å²) in [4.78, 5) is 12.2. The topological polar surface area (TPSA) is 47.6 Å². The first-order valence-electron chi connectivity index (χ1n) is 8.08. The van der Waals surface area contributed by atoms with Crippen LogP contribution in [-0.4, -0.2) is 19.6 Å². The molecule has 2 aromatic carbocycles. The number of benzene rings is 2. The zero-order valence-corrected chi connectivity index (χ0v) is 15.9. The van der Waals surface area contributed by atoms with Crippen molar-refractivity contribution < 1.29 is 18.7 Å². The number of hydrogen-bond acceptors (Lipinski definition) is 3. The summed E-state index contributed by atoms with van der Waals surface area (Å²) in [6, 6.07) is 9.52. The molecule has 0 heterocycles. The van der Waals surface area contributed by atoms with Gasteiger partial charge in [-0.05, 0) is 58.2 Å². The van der Waals surface area contributed by atoms with Gasteiger partial charge in [0.05, 0.1) is 19.3 Å². The molecule has 2 aromatic rings. The molecule has 0 saturated heterocycles. The van der Waals surface area contributed by atoms with Crippen LogP contribution in [0.4, 0.5) is 4.39 Å². The van der Waals surface area contributed by atoms with Crippen molar-refractivity contribution in [2.75, 3.05) is 13.7 Å². The van der Waals surface area contributed by atoms with E-state index in [1.54, 1.807) is 7.11 Å².